The van der Waals surface area contributed by atoms with Crippen LogP contribution in [0.2, 0.25) is 0 Å². The molecule has 0 amide bonds. The number of halogens is 1. The second kappa shape index (κ2) is 3.42. The van der Waals surface area contributed by atoms with Crippen LogP contribution in [0.25, 0.3) is 21.6 Å². The molecule has 3 aromatic rings. The molecule has 70 valence electrons. The maximum atomic E-state index is 4.46. The van der Waals surface area contributed by atoms with Crippen molar-refractivity contribution < 1.29 is 0 Å². The molecule has 0 unspecified atom stereocenters. The SMILES string of the molecule is Brc1cccc2c1nbc1ccccc12. The maximum absolute atomic E-state index is 4.46. The Morgan fingerprint density at radius 3 is 2.67 bits per heavy atom. The van der Waals surface area contributed by atoms with Gasteiger partial charge in [-0.15, -0.1) is 0 Å². The second-order valence-electron chi connectivity index (χ2n) is 3.48. The molecule has 0 aliphatic rings. The Labute approximate surface area is 96.5 Å². The van der Waals surface area contributed by atoms with Gasteiger partial charge in [0.25, 0.3) is 0 Å². The van der Waals surface area contributed by atoms with Crippen molar-refractivity contribution in [3.63, 3.8) is 0 Å². The molecular formula is C12H7BBrN. The van der Waals surface area contributed by atoms with Gasteiger partial charge in [0.2, 0.25) is 0 Å². The van der Waals surface area contributed by atoms with Crippen molar-refractivity contribution in [2.45, 2.75) is 0 Å². The number of rotatable bonds is 0. The topological polar surface area (TPSA) is 12.9 Å². The Hall–Kier alpha value is -1.22. The molecule has 0 saturated heterocycles. The van der Waals surface area contributed by atoms with E-state index in [2.05, 4.69) is 45.1 Å². The number of hydrogen-bond acceptors (Lipinski definition) is 1. The molecule has 0 N–H and O–H groups in total. The van der Waals surface area contributed by atoms with Crippen LogP contribution in [0.5, 0.6) is 0 Å². The molecule has 1 nitrogen and oxygen atoms in total. The molecule has 0 atom stereocenters. The zero-order valence-electron chi connectivity index (χ0n) is 7.94. The molecule has 1 aromatic heterocycles. The van der Waals surface area contributed by atoms with Crippen LogP contribution in [-0.4, -0.2) is 11.9 Å². The Morgan fingerprint density at radius 2 is 1.73 bits per heavy atom. The summed E-state index contributed by atoms with van der Waals surface area (Å²) in [6.07, 6.45) is 0. The molecule has 3 rings (SSSR count). The fourth-order valence-electron chi connectivity index (χ4n) is 1.85. The van der Waals surface area contributed by atoms with E-state index in [1.165, 1.54) is 16.1 Å². The zero-order valence-corrected chi connectivity index (χ0v) is 9.53. The number of benzene rings is 2. The molecule has 0 aliphatic heterocycles. The van der Waals surface area contributed by atoms with Gasteiger partial charge in [0.05, 0.1) is 0 Å². The number of fused-ring (bicyclic) bond motifs is 3. The van der Waals surface area contributed by atoms with Gasteiger partial charge >= 0.3 is 96.4 Å². The number of hydrogen-bond donors (Lipinski definition) is 0. The average molecular weight is 256 g/mol. The molecule has 0 aliphatic carbocycles. The third-order valence-corrected chi connectivity index (χ3v) is 3.21. The normalized spacial score (nSPS) is 10.7. The van der Waals surface area contributed by atoms with Gasteiger partial charge < -0.3 is 0 Å². The summed E-state index contributed by atoms with van der Waals surface area (Å²) < 4.78 is 1.05. The summed E-state index contributed by atoms with van der Waals surface area (Å²) >= 11 is 3.52. The zero-order chi connectivity index (χ0) is 10.3. The molecule has 0 spiro atoms. The minimum absolute atomic E-state index is 1.02. The number of aromatic nitrogens is 1. The fourth-order valence-corrected chi connectivity index (χ4v) is 2.32. The van der Waals surface area contributed by atoms with E-state index < -0.39 is 0 Å². The van der Waals surface area contributed by atoms with Crippen molar-refractivity contribution in [3.05, 3.63) is 46.9 Å². The van der Waals surface area contributed by atoms with Crippen LogP contribution in [0.3, 0.4) is 0 Å². The van der Waals surface area contributed by atoms with Gasteiger partial charge in [-0.2, -0.15) is 0 Å². The molecule has 0 saturated carbocycles. The van der Waals surface area contributed by atoms with E-state index in [9.17, 15) is 0 Å². The molecule has 2 aromatic carbocycles. The molecule has 0 bridgehead atoms. The Balaban J connectivity index is 2.60. The Bertz CT molecular complexity index is 651. The van der Waals surface area contributed by atoms with Crippen molar-refractivity contribution in [3.8, 4) is 0 Å². The average Bonchev–Trinajstić information content (AvgIpc) is 2.29. The van der Waals surface area contributed by atoms with Crippen LogP contribution in [-0.2, 0) is 0 Å². The van der Waals surface area contributed by atoms with Crippen molar-refractivity contribution in [2.24, 2.45) is 0 Å². The molecule has 3 heteroatoms. The van der Waals surface area contributed by atoms with E-state index in [0.717, 1.165) is 9.99 Å². The van der Waals surface area contributed by atoms with Gasteiger partial charge in [0.1, 0.15) is 0 Å². The summed E-state index contributed by atoms with van der Waals surface area (Å²) in [6.45, 7) is 0. The summed E-state index contributed by atoms with van der Waals surface area (Å²) in [5, 5.41) is 3.63. The van der Waals surface area contributed by atoms with Crippen molar-refractivity contribution in [2.75, 3.05) is 0 Å². The van der Waals surface area contributed by atoms with E-state index in [4.69, 9.17) is 0 Å². The fraction of sp³-hybridized carbons (Fsp3) is 0. The molecule has 0 radical (unpaired) electrons. The quantitative estimate of drug-likeness (QED) is 0.561. The molecule has 15 heavy (non-hydrogen) atoms. The van der Waals surface area contributed by atoms with Crippen LogP contribution >= 0.6 is 15.9 Å². The summed E-state index contributed by atoms with van der Waals surface area (Å²) in [4.78, 5) is 4.46. The third kappa shape index (κ3) is 1.38. The summed E-state index contributed by atoms with van der Waals surface area (Å²) in [5.41, 5.74) is 1.02. The standard InChI is InChI=1S/C12H7BBrN/c14-11-7-3-5-9-8-4-1-2-6-10(8)13-15-12(9)11/h1-7H. The van der Waals surface area contributed by atoms with Gasteiger partial charge in [-0.25, -0.2) is 0 Å². The Kier molecular flexibility index (Phi) is 2.06. The van der Waals surface area contributed by atoms with Crippen LogP contribution in [0.4, 0.5) is 0 Å². The molecular weight excluding hydrogens is 249 g/mol. The Morgan fingerprint density at radius 1 is 0.933 bits per heavy atom. The third-order valence-electron chi connectivity index (χ3n) is 2.57. The first-order chi connectivity index (χ1) is 7.36. The summed E-state index contributed by atoms with van der Waals surface area (Å²) in [6, 6.07) is 14.5. The van der Waals surface area contributed by atoms with Crippen molar-refractivity contribution >= 4 is 44.6 Å². The van der Waals surface area contributed by atoms with Crippen LogP contribution in [0.15, 0.2) is 46.9 Å². The van der Waals surface area contributed by atoms with E-state index >= 15 is 0 Å². The van der Waals surface area contributed by atoms with E-state index in [-0.39, 0.29) is 0 Å². The minimum atomic E-state index is 1.02. The van der Waals surface area contributed by atoms with Crippen LogP contribution in [0, 0.1) is 0 Å². The van der Waals surface area contributed by atoms with E-state index in [1.807, 2.05) is 25.3 Å². The molecule has 1 heterocycles. The monoisotopic (exact) mass is 255 g/mol. The second-order valence-corrected chi connectivity index (χ2v) is 4.34. The van der Waals surface area contributed by atoms with Crippen LogP contribution < -0.4 is 0 Å². The predicted molar refractivity (Wildman–Crippen MR) is 68.3 cm³/mol. The van der Waals surface area contributed by atoms with Crippen molar-refractivity contribution in [1.82, 2.24) is 4.89 Å². The van der Waals surface area contributed by atoms with Crippen molar-refractivity contribution in [1.29, 1.82) is 0 Å². The van der Waals surface area contributed by atoms with Gasteiger partial charge in [-0.05, 0) is 0 Å². The van der Waals surface area contributed by atoms with Gasteiger partial charge in [0, 0.05) is 0 Å². The van der Waals surface area contributed by atoms with Gasteiger partial charge in [0.15, 0.2) is 0 Å². The van der Waals surface area contributed by atoms with Gasteiger partial charge in [-0.1, -0.05) is 0 Å². The predicted octanol–water partition coefficient (Wildman–Crippen LogP) is 3.49. The van der Waals surface area contributed by atoms with Gasteiger partial charge in [-0.3, -0.25) is 0 Å². The van der Waals surface area contributed by atoms with E-state index in [1.54, 1.807) is 0 Å². The molecule has 0 fully saturated rings. The first-order valence-corrected chi connectivity index (χ1v) is 5.57. The number of nitrogens with zero attached hydrogens (tertiary/aromatic N) is 1. The first-order valence-electron chi connectivity index (χ1n) is 4.78. The summed E-state index contributed by atoms with van der Waals surface area (Å²) in [7, 11) is 1.92. The van der Waals surface area contributed by atoms with E-state index in [0.29, 0.717) is 0 Å². The first kappa shape index (κ1) is 9.04. The van der Waals surface area contributed by atoms with Crippen LogP contribution in [0.1, 0.15) is 0 Å². The summed E-state index contributed by atoms with van der Waals surface area (Å²) in [5.74, 6) is 0.